The van der Waals surface area contributed by atoms with Gasteiger partial charge in [0.1, 0.15) is 17.1 Å². The maximum absolute atomic E-state index is 13.0. The smallest absolute Gasteiger partial charge is 0.322 e. The molecule has 2 N–H and O–H groups in total. The van der Waals surface area contributed by atoms with E-state index in [0.717, 1.165) is 5.56 Å². The number of sulfonamides is 1. The maximum atomic E-state index is 13.0. The second kappa shape index (κ2) is 7.89. The van der Waals surface area contributed by atoms with Crippen molar-refractivity contribution in [3.63, 3.8) is 0 Å². The van der Waals surface area contributed by atoms with Gasteiger partial charge in [-0.3, -0.25) is 10.1 Å². The SMILES string of the molecule is Cc1ncc(Oc2ccc(CN(C)S(=O)(=O)C[C@@]3(C4CC4)NC(=O)NC3=O)cc2)cn1. The highest BCUT2D eigenvalue weighted by Gasteiger charge is 2.58. The van der Waals surface area contributed by atoms with Crippen LogP contribution in [0.4, 0.5) is 4.79 Å². The molecule has 11 heteroatoms. The van der Waals surface area contributed by atoms with Crippen molar-refractivity contribution in [3.8, 4) is 11.5 Å². The number of urea groups is 1. The lowest BCUT2D eigenvalue weighted by Gasteiger charge is -2.28. The van der Waals surface area contributed by atoms with E-state index in [-0.39, 0.29) is 12.5 Å². The first-order valence-corrected chi connectivity index (χ1v) is 11.4. The Balaban J connectivity index is 1.42. The molecule has 1 aromatic carbocycles. The zero-order valence-electron chi connectivity index (χ0n) is 17.2. The Morgan fingerprint density at radius 3 is 2.32 bits per heavy atom. The summed E-state index contributed by atoms with van der Waals surface area (Å²) < 4.78 is 32.8. The fraction of sp³-hybridized carbons (Fsp3) is 0.400. The normalized spacial score (nSPS) is 21.1. The summed E-state index contributed by atoms with van der Waals surface area (Å²) in [5.74, 6) is 0.515. The predicted molar refractivity (Wildman–Crippen MR) is 111 cm³/mol. The van der Waals surface area contributed by atoms with Gasteiger partial charge in [0.15, 0.2) is 5.75 Å². The summed E-state index contributed by atoms with van der Waals surface area (Å²) in [4.78, 5) is 32.1. The lowest BCUT2D eigenvalue weighted by atomic mass is 9.96. The van der Waals surface area contributed by atoms with Crippen molar-refractivity contribution in [2.24, 2.45) is 5.92 Å². The van der Waals surface area contributed by atoms with Crippen LogP contribution in [0.15, 0.2) is 36.7 Å². The first-order valence-electron chi connectivity index (χ1n) is 9.81. The summed E-state index contributed by atoms with van der Waals surface area (Å²) >= 11 is 0. The third-order valence-corrected chi connectivity index (χ3v) is 7.35. The van der Waals surface area contributed by atoms with Gasteiger partial charge in [-0.15, -0.1) is 0 Å². The Hall–Kier alpha value is -3.05. The molecule has 2 aromatic rings. The number of hydrogen-bond acceptors (Lipinski definition) is 7. The minimum Gasteiger partial charge on any atom is -0.454 e. The molecular weight excluding hydrogens is 422 g/mol. The lowest BCUT2D eigenvalue weighted by Crippen LogP contribution is -2.56. The van der Waals surface area contributed by atoms with E-state index in [1.807, 2.05) is 0 Å². The Bertz CT molecular complexity index is 1100. The van der Waals surface area contributed by atoms with Gasteiger partial charge in [0.2, 0.25) is 10.0 Å². The number of carbonyl (C=O) groups is 2. The third kappa shape index (κ3) is 4.52. The highest BCUT2D eigenvalue weighted by molar-refractivity contribution is 7.89. The van der Waals surface area contributed by atoms with Gasteiger partial charge in [0.05, 0.1) is 18.1 Å². The molecule has 2 fully saturated rings. The van der Waals surface area contributed by atoms with E-state index in [2.05, 4.69) is 20.6 Å². The fourth-order valence-electron chi connectivity index (χ4n) is 3.57. The largest absolute Gasteiger partial charge is 0.454 e. The average Bonchev–Trinajstić information content (AvgIpc) is 3.52. The average molecular weight is 446 g/mol. The van der Waals surface area contributed by atoms with Gasteiger partial charge in [-0.25, -0.2) is 27.5 Å². The second-order valence-electron chi connectivity index (χ2n) is 7.88. The first-order chi connectivity index (χ1) is 14.7. The molecule has 4 rings (SSSR count). The third-order valence-electron chi connectivity index (χ3n) is 5.45. The predicted octanol–water partition coefficient (Wildman–Crippen LogP) is 1.33. The van der Waals surface area contributed by atoms with Crippen LogP contribution >= 0.6 is 0 Å². The Kier molecular flexibility index (Phi) is 5.40. The molecule has 164 valence electrons. The highest BCUT2D eigenvalue weighted by Crippen LogP contribution is 2.42. The van der Waals surface area contributed by atoms with Crippen LogP contribution in [-0.2, 0) is 21.4 Å². The summed E-state index contributed by atoms with van der Waals surface area (Å²) in [7, 11) is -2.36. The van der Waals surface area contributed by atoms with Gasteiger partial charge in [-0.1, -0.05) is 12.1 Å². The molecule has 1 aromatic heterocycles. The molecule has 10 nitrogen and oxygen atoms in total. The molecule has 3 amide bonds. The first kappa shape index (κ1) is 21.2. The topological polar surface area (TPSA) is 131 Å². The van der Waals surface area contributed by atoms with Crippen LogP contribution in [0.25, 0.3) is 0 Å². The molecular formula is C20H23N5O5S. The molecule has 2 heterocycles. The van der Waals surface area contributed by atoms with E-state index in [1.165, 1.54) is 11.4 Å². The molecule has 1 saturated carbocycles. The number of aromatic nitrogens is 2. The minimum absolute atomic E-state index is 0.118. The standard InChI is InChI=1S/C20H23N5O5S/c1-13-21-9-17(10-22-13)30-16-7-3-14(4-8-16)11-25(2)31(28,29)12-20(15-5-6-15)18(26)23-19(27)24-20/h3-4,7-10,15H,5-6,11-12H2,1-2H3,(H2,23,24,26,27)/t20-/m0/s1. The number of aryl methyl sites for hydroxylation is 1. The van der Waals surface area contributed by atoms with Crippen molar-refractivity contribution in [2.75, 3.05) is 12.8 Å². The quantitative estimate of drug-likeness (QED) is 0.586. The van der Waals surface area contributed by atoms with Crippen LogP contribution in [0.5, 0.6) is 11.5 Å². The van der Waals surface area contributed by atoms with Crippen LogP contribution < -0.4 is 15.4 Å². The van der Waals surface area contributed by atoms with Gasteiger partial charge in [0.25, 0.3) is 5.91 Å². The van der Waals surface area contributed by atoms with Crippen molar-refractivity contribution in [1.29, 1.82) is 0 Å². The number of rotatable bonds is 8. The van der Waals surface area contributed by atoms with E-state index < -0.39 is 33.3 Å². The van der Waals surface area contributed by atoms with Crippen molar-refractivity contribution >= 4 is 22.0 Å². The number of ether oxygens (including phenoxy) is 1. The molecule has 1 saturated heterocycles. The molecule has 2 aliphatic rings. The number of benzene rings is 1. The lowest BCUT2D eigenvalue weighted by molar-refractivity contribution is -0.123. The molecule has 0 spiro atoms. The number of nitrogens with zero attached hydrogens (tertiary/aromatic N) is 3. The number of imide groups is 1. The molecule has 1 aliphatic heterocycles. The molecule has 31 heavy (non-hydrogen) atoms. The Labute approximate surface area is 180 Å². The van der Waals surface area contributed by atoms with Crippen molar-refractivity contribution in [2.45, 2.75) is 31.8 Å². The summed E-state index contributed by atoms with van der Waals surface area (Å²) in [5.41, 5.74) is -0.642. The van der Waals surface area contributed by atoms with Gasteiger partial charge in [-0.05, 0) is 43.4 Å². The zero-order chi connectivity index (χ0) is 22.2. The van der Waals surface area contributed by atoms with Crippen LogP contribution in [-0.4, -0.2) is 53.0 Å². The Morgan fingerprint density at radius 2 is 1.77 bits per heavy atom. The van der Waals surface area contributed by atoms with Gasteiger partial charge in [0, 0.05) is 13.6 Å². The summed E-state index contributed by atoms with van der Waals surface area (Å²) in [5, 5.41) is 4.73. The van der Waals surface area contributed by atoms with E-state index in [0.29, 0.717) is 30.2 Å². The number of hydrogen-bond donors (Lipinski definition) is 2. The van der Waals surface area contributed by atoms with Crippen LogP contribution in [0.3, 0.4) is 0 Å². The second-order valence-corrected chi connectivity index (χ2v) is 9.95. The van der Waals surface area contributed by atoms with E-state index in [4.69, 9.17) is 4.74 Å². The minimum atomic E-state index is -3.81. The highest BCUT2D eigenvalue weighted by atomic mass is 32.2. The van der Waals surface area contributed by atoms with Crippen LogP contribution in [0.1, 0.15) is 24.2 Å². The van der Waals surface area contributed by atoms with E-state index in [1.54, 1.807) is 43.6 Å². The Morgan fingerprint density at radius 1 is 1.13 bits per heavy atom. The van der Waals surface area contributed by atoms with Crippen LogP contribution in [0, 0.1) is 12.8 Å². The van der Waals surface area contributed by atoms with E-state index >= 15 is 0 Å². The maximum Gasteiger partial charge on any atom is 0.322 e. The number of amides is 3. The van der Waals surface area contributed by atoms with Crippen molar-refractivity contribution in [1.82, 2.24) is 24.9 Å². The molecule has 1 aliphatic carbocycles. The van der Waals surface area contributed by atoms with Crippen molar-refractivity contribution < 1.29 is 22.7 Å². The molecule has 0 bridgehead atoms. The fourth-order valence-corrected chi connectivity index (χ4v) is 5.15. The van der Waals surface area contributed by atoms with Crippen molar-refractivity contribution in [3.05, 3.63) is 48.0 Å². The van der Waals surface area contributed by atoms with Gasteiger partial charge < -0.3 is 10.1 Å². The van der Waals surface area contributed by atoms with Gasteiger partial charge >= 0.3 is 6.03 Å². The monoisotopic (exact) mass is 445 g/mol. The van der Waals surface area contributed by atoms with Gasteiger partial charge in [-0.2, -0.15) is 0 Å². The molecule has 1 atom stereocenters. The zero-order valence-corrected chi connectivity index (χ0v) is 18.0. The summed E-state index contributed by atoms with van der Waals surface area (Å²) in [6, 6.07) is 6.33. The number of carbonyl (C=O) groups excluding carboxylic acids is 2. The molecule has 0 unspecified atom stereocenters. The van der Waals surface area contributed by atoms with Crippen LogP contribution in [0.2, 0.25) is 0 Å². The summed E-state index contributed by atoms with van der Waals surface area (Å²) in [6.07, 6.45) is 4.56. The van der Waals surface area contributed by atoms with E-state index in [9.17, 15) is 18.0 Å². The molecule has 0 radical (unpaired) electrons. The summed E-state index contributed by atoms with van der Waals surface area (Å²) in [6.45, 7) is 1.90. The number of nitrogens with one attached hydrogen (secondary N) is 2.